The average Bonchev–Trinajstić information content (AvgIpc) is 2.26. The smallest absolute Gasteiger partial charge is 0.339 e. The van der Waals surface area contributed by atoms with Gasteiger partial charge >= 0.3 is 5.97 Å². The van der Waals surface area contributed by atoms with Crippen molar-refractivity contribution < 1.29 is 24.5 Å². The summed E-state index contributed by atoms with van der Waals surface area (Å²) in [6.07, 6.45) is -0.791. The Morgan fingerprint density at radius 2 is 2.18 bits per heavy atom. The van der Waals surface area contributed by atoms with E-state index in [9.17, 15) is 9.90 Å². The van der Waals surface area contributed by atoms with Gasteiger partial charge in [-0.3, -0.25) is 0 Å². The van der Waals surface area contributed by atoms with Gasteiger partial charge in [0.15, 0.2) is 0 Å². The molecule has 0 amide bonds. The Kier molecular flexibility index (Phi) is 5.40. The number of aliphatic hydroxyl groups is 1. The molecule has 0 fully saturated rings. The fourth-order valence-corrected chi connectivity index (χ4v) is 1.56. The maximum absolute atomic E-state index is 10.9. The Morgan fingerprint density at radius 3 is 2.76 bits per heavy atom. The Labute approximate surface area is 107 Å². The van der Waals surface area contributed by atoms with Crippen LogP contribution in [0.5, 0.6) is 5.75 Å². The first-order chi connectivity index (χ1) is 8.04. The molecule has 0 aromatic heterocycles. The molecule has 1 rings (SSSR count). The van der Waals surface area contributed by atoms with Crippen molar-refractivity contribution in [3.05, 3.63) is 28.2 Å². The SMILES string of the molecule is COCC(O)COc1cc(Br)ccc1C(=O)O. The molecule has 0 aliphatic rings. The van der Waals surface area contributed by atoms with Crippen molar-refractivity contribution in [1.29, 1.82) is 0 Å². The van der Waals surface area contributed by atoms with E-state index >= 15 is 0 Å². The Hall–Kier alpha value is -1.11. The van der Waals surface area contributed by atoms with E-state index in [0.717, 1.165) is 0 Å². The highest BCUT2D eigenvalue weighted by Gasteiger charge is 2.13. The number of carboxylic acid groups (broad SMARTS) is 1. The van der Waals surface area contributed by atoms with Crippen molar-refractivity contribution in [1.82, 2.24) is 0 Å². The number of ether oxygens (including phenoxy) is 2. The average molecular weight is 305 g/mol. The molecule has 0 saturated carbocycles. The standard InChI is InChI=1S/C11H13BrO5/c1-16-5-8(13)6-17-10-4-7(12)2-3-9(10)11(14)15/h2-4,8,13H,5-6H2,1H3,(H,14,15). The van der Waals surface area contributed by atoms with E-state index < -0.39 is 12.1 Å². The molecule has 1 atom stereocenters. The van der Waals surface area contributed by atoms with E-state index in [1.165, 1.54) is 13.2 Å². The molecular weight excluding hydrogens is 292 g/mol. The number of aromatic carboxylic acids is 1. The van der Waals surface area contributed by atoms with Crippen LogP contribution in [0, 0.1) is 0 Å². The molecule has 6 heteroatoms. The predicted molar refractivity (Wildman–Crippen MR) is 64.5 cm³/mol. The number of hydrogen-bond donors (Lipinski definition) is 2. The van der Waals surface area contributed by atoms with Crippen molar-refractivity contribution in [2.24, 2.45) is 0 Å². The summed E-state index contributed by atoms with van der Waals surface area (Å²) in [6.45, 7) is 0.112. The number of carboxylic acids is 1. The molecule has 0 spiro atoms. The van der Waals surface area contributed by atoms with Crippen molar-refractivity contribution in [3.63, 3.8) is 0 Å². The second kappa shape index (κ2) is 6.58. The lowest BCUT2D eigenvalue weighted by atomic mass is 10.2. The molecule has 0 aliphatic carbocycles. The molecule has 0 heterocycles. The summed E-state index contributed by atoms with van der Waals surface area (Å²) >= 11 is 3.22. The van der Waals surface area contributed by atoms with Crippen LogP contribution in [0.3, 0.4) is 0 Å². The van der Waals surface area contributed by atoms with Crippen LogP contribution in [-0.2, 0) is 4.74 Å². The molecule has 0 aliphatic heterocycles. The maximum Gasteiger partial charge on any atom is 0.339 e. The van der Waals surface area contributed by atoms with Crippen LogP contribution in [0.2, 0.25) is 0 Å². The van der Waals surface area contributed by atoms with Crippen LogP contribution < -0.4 is 4.74 Å². The number of carbonyl (C=O) groups is 1. The minimum Gasteiger partial charge on any atom is -0.490 e. The van der Waals surface area contributed by atoms with Gasteiger partial charge in [0.1, 0.15) is 24.0 Å². The minimum absolute atomic E-state index is 0.0232. The number of aliphatic hydroxyl groups excluding tert-OH is 1. The first-order valence-electron chi connectivity index (χ1n) is 4.87. The molecule has 94 valence electrons. The van der Waals surface area contributed by atoms with Crippen LogP contribution in [0.1, 0.15) is 10.4 Å². The summed E-state index contributed by atoms with van der Waals surface area (Å²) in [5.41, 5.74) is 0.0535. The fraction of sp³-hybridized carbons (Fsp3) is 0.364. The summed E-state index contributed by atoms with van der Waals surface area (Å²) < 4.78 is 10.7. The Morgan fingerprint density at radius 1 is 1.47 bits per heavy atom. The van der Waals surface area contributed by atoms with Gasteiger partial charge < -0.3 is 19.7 Å². The van der Waals surface area contributed by atoms with Gasteiger partial charge in [0, 0.05) is 11.6 Å². The van der Waals surface area contributed by atoms with Gasteiger partial charge in [0.2, 0.25) is 0 Å². The predicted octanol–water partition coefficient (Wildman–Crippen LogP) is 1.53. The number of benzene rings is 1. The van der Waals surface area contributed by atoms with Gasteiger partial charge in [-0.1, -0.05) is 15.9 Å². The molecule has 1 aromatic rings. The fourth-order valence-electron chi connectivity index (χ4n) is 1.22. The third kappa shape index (κ3) is 4.33. The second-order valence-electron chi connectivity index (χ2n) is 3.37. The van der Waals surface area contributed by atoms with E-state index in [1.807, 2.05) is 0 Å². The van der Waals surface area contributed by atoms with Crippen LogP contribution in [-0.4, -0.2) is 42.6 Å². The van der Waals surface area contributed by atoms with E-state index in [0.29, 0.717) is 4.47 Å². The highest BCUT2D eigenvalue weighted by atomic mass is 79.9. The first kappa shape index (κ1) is 14.0. The summed E-state index contributed by atoms with van der Waals surface area (Å²) in [5, 5.41) is 18.3. The van der Waals surface area contributed by atoms with E-state index in [-0.39, 0.29) is 24.5 Å². The lowest BCUT2D eigenvalue weighted by molar-refractivity contribution is 0.0319. The first-order valence-corrected chi connectivity index (χ1v) is 5.66. The number of hydrogen-bond acceptors (Lipinski definition) is 4. The van der Waals surface area contributed by atoms with E-state index in [4.69, 9.17) is 14.6 Å². The number of halogens is 1. The zero-order valence-electron chi connectivity index (χ0n) is 9.22. The van der Waals surface area contributed by atoms with Crippen molar-refractivity contribution in [2.45, 2.75) is 6.10 Å². The van der Waals surface area contributed by atoms with E-state index in [1.54, 1.807) is 12.1 Å². The number of methoxy groups -OCH3 is 1. The van der Waals surface area contributed by atoms with Crippen molar-refractivity contribution in [3.8, 4) is 5.75 Å². The van der Waals surface area contributed by atoms with Crippen LogP contribution in [0.15, 0.2) is 22.7 Å². The van der Waals surface area contributed by atoms with Gasteiger partial charge in [0.25, 0.3) is 0 Å². The maximum atomic E-state index is 10.9. The van der Waals surface area contributed by atoms with Gasteiger partial charge in [-0.2, -0.15) is 0 Å². The third-order valence-electron chi connectivity index (χ3n) is 1.96. The van der Waals surface area contributed by atoms with Gasteiger partial charge in [-0.05, 0) is 18.2 Å². The van der Waals surface area contributed by atoms with Crippen LogP contribution in [0.4, 0.5) is 0 Å². The molecule has 5 nitrogen and oxygen atoms in total. The minimum atomic E-state index is -1.08. The van der Waals surface area contributed by atoms with Gasteiger partial charge in [-0.25, -0.2) is 4.79 Å². The lowest BCUT2D eigenvalue weighted by Gasteiger charge is -2.13. The lowest BCUT2D eigenvalue weighted by Crippen LogP contribution is -2.23. The van der Waals surface area contributed by atoms with Crippen LogP contribution >= 0.6 is 15.9 Å². The zero-order valence-corrected chi connectivity index (χ0v) is 10.8. The third-order valence-corrected chi connectivity index (χ3v) is 2.46. The summed E-state index contributed by atoms with van der Waals surface area (Å²) in [5.74, 6) is -0.865. The highest BCUT2D eigenvalue weighted by Crippen LogP contribution is 2.23. The van der Waals surface area contributed by atoms with Crippen LogP contribution in [0.25, 0.3) is 0 Å². The summed E-state index contributed by atoms with van der Waals surface area (Å²) in [4.78, 5) is 10.9. The topological polar surface area (TPSA) is 76.0 Å². The highest BCUT2D eigenvalue weighted by molar-refractivity contribution is 9.10. The molecule has 0 radical (unpaired) electrons. The molecule has 1 aromatic carbocycles. The quantitative estimate of drug-likeness (QED) is 0.833. The summed E-state index contributed by atoms with van der Waals surface area (Å²) in [7, 11) is 1.46. The molecule has 2 N–H and O–H groups in total. The largest absolute Gasteiger partial charge is 0.490 e. The van der Waals surface area contributed by atoms with Crippen molar-refractivity contribution in [2.75, 3.05) is 20.3 Å². The van der Waals surface area contributed by atoms with E-state index in [2.05, 4.69) is 15.9 Å². The summed E-state index contributed by atoms with van der Waals surface area (Å²) in [6, 6.07) is 4.59. The molecule has 0 bridgehead atoms. The zero-order chi connectivity index (χ0) is 12.8. The molecule has 17 heavy (non-hydrogen) atoms. The van der Waals surface area contributed by atoms with Gasteiger partial charge in [0.05, 0.1) is 6.61 Å². The second-order valence-corrected chi connectivity index (χ2v) is 4.28. The molecule has 0 saturated heterocycles. The number of rotatable bonds is 6. The molecule has 1 unspecified atom stereocenters. The monoisotopic (exact) mass is 304 g/mol. The van der Waals surface area contributed by atoms with Crippen molar-refractivity contribution >= 4 is 21.9 Å². The molecular formula is C11H13BrO5. The Bertz CT molecular complexity index is 393. The van der Waals surface area contributed by atoms with Gasteiger partial charge in [-0.15, -0.1) is 0 Å². The normalized spacial score (nSPS) is 12.2. The Balaban J connectivity index is 2.75.